The van der Waals surface area contributed by atoms with Gasteiger partial charge in [0.2, 0.25) is 0 Å². The van der Waals surface area contributed by atoms with Crippen molar-refractivity contribution in [3.05, 3.63) is 46.7 Å². The second-order valence-corrected chi connectivity index (χ2v) is 8.64. The van der Waals surface area contributed by atoms with Crippen LogP contribution in [0.25, 0.3) is 0 Å². The molecular formula is C22H26BrN3O4. The fraction of sp³-hybridized carbons (Fsp3) is 0.455. The average Bonchev–Trinajstić information content (AvgIpc) is 3.52. The molecule has 7 nitrogen and oxygen atoms in total. The van der Waals surface area contributed by atoms with E-state index in [9.17, 15) is 4.79 Å². The fourth-order valence-corrected chi connectivity index (χ4v) is 3.66. The van der Waals surface area contributed by atoms with E-state index < -0.39 is 0 Å². The minimum atomic E-state index is -0.335. The number of hydrogen-bond donors (Lipinski definition) is 1. The van der Waals surface area contributed by atoms with Gasteiger partial charge < -0.3 is 19.5 Å². The van der Waals surface area contributed by atoms with E-state index in [2.05, 4.69) is 31.1 Å². The molecule has 1 amide bonds. The Balaban J connectivity index is 1.30. The first kappa shape index (κ1) is 21.1. The lowest BCUT2D eigenvalue weighted by molar-refractivity contribution is 0.0172. The number of halogens is 1. The number of carbonyl (C=O) groups is 1. The lowest BCUT2D eigenvalue weighted by atomic mass is 10.1. The van der Waals surface area contributed by atoms with Gasteiger partial charge in [-0.1, -0.05) is 0 Å². The molecule has 1 saturated carbocycles. The zero-order valence-corrected chi connectivity index (χ0v) is 18.6. The van der Waals surface area contributed by atoms with Crippen molar-refractivity contribution < 1.29 is 19.0 Å². The Kier molecular flexibility index (Phi) is 6.86. The molecule has 1 aliphatic carbocycles. The summed E-state index contributed by atoms with van der Waals surface area (Å²) >= 11 is 3.36. The van der Waals surface area contributed by atoms with E-state index in [-0.39, 0.29) is 17.7 Å². The molecule has 1 aromatic heterocycles. The second kappa shape index (κ2) is 9.76. The van der Waals surface area contributed by atoms with Crippen LogP contribution in [0.3, 0.4) is 0 Å². The molecule has 1 aliphatic heterocycles. The topological polar surface area (TPSA) is 72.9 Å². The number of methoxy groups -OCH3 is 1. The lowest BCUT2D eigenvalue weighted by Gasteiger charge is -2.39. The summed E-state index contributed by atoms with van der Waals surface area (Å²) in [6.45, 7) is 3.97. The van der Waals surface area contributed by atoms with Crippen LogP contribution in [-0.2, 0) is 4.74 Å². The Morgan fingerprint density at radius 2 is 2.00 bits per heavy atom. The third kappa shape index (κ3) is 5.71. The third-order valence-electron chi connectivity index (χ3n) is 5.13. The molecule has 160 valence electrons. The van der Waals surface area contributed by atoms with E-state index in [0.717, 1.165) is 29.2 Å². The second-order valence-electron chi connectivity index (χ2n) is 7.72. The standard InChI is InChI=1S/C22H26BrN3O4/c1-28-8-9-29-20-10-16(23)11-24-21(20)22(27)25-17-4-6-18(7-5-17)30-19-13-26(14-19)12-15-2-3-15/h4-7,10-11,15,19H,2-3,8-9,12-14H2,1H3,(H,25,27). The summed E-state index contributed by atoms with van der Waals surface area (Å²) in [7, 11) is 1.60. The molecule has 30 heavy (non-hydrogen) atoms. The van der Waals surface area contributed by atoms with Crippen LogP contribution in [0.4, 0.5) is 5.69 Å². The van der Waals surface area contributed by atoms with Gasteiger partial charge in [-0.25, -0.2) is 4.98 Å². The summed E-state index contributed by atoms with van der Waals surface area (Å²) in [5, 5.41) is 2.86. The highest BCUT2D eigenvalue weighted by Crippen LogP contribution is 2.31. The Labute approximate surface area is 184 Å². The highest BCUT2D eigenvalue weighted by atomic mass is 79.9. The molecule has 1 aromatic carbocycles. The molecule has 0 spiro atoms. The van der Waals surface area contributed by atoms with Crippen LogP contribution in [0.5, 0.6) is 11.5 Å². The number of benzene rings is 1. The number of nitrogens with zero attached hydrogens (tertiary/aromatic N) is 2. The lowest BCUT2D eigenvalue weighted by Crippen LogP contribution is -2.54. The molecule has 2 aromatic rings. The van der Waals surface area contributed by atoms with E-state index in [1.165, 1.54) is 19.4 Å². The van der Waals surface area contributed by atoms with Gasteiger partial charge in [-0.2, -0.15) is 0 Å². The van der Waals surface area contributed by atoms with Crippen LogP contribution in [0.2, 0.25) is 0 Å². The Morgan fingerprint density at radius 3 is 2.70 bits per heavy atom. The van der Waals surface area contributed by atoms with Crippen molar-refractivity contribution in [1.82, 2.24) is 9.88 Å². The third-order valence-corrected chi connectivity index (χ3v) is 5.57. The molecule has 8 heteroatoms. The number of nitrogens with one attached hydrogen (secondary N) is 1. The van der Waals surface area contributed by atoms with Crippen molar-refractivity contribution in [2.24, 2.45) is 5.92 Å². The van der Waals surface area contributed by atoms with Crippen LogP contribution >= 0.6 is 15.9 Å². The van der Waals surface area contributed by atoms with Crippen LogP contribution in [-0.4, -0.2) is 61.9 Å². The zero-order valence-electron chi connectivity index (χ0n) is 17.0. The summed E-state index contributed by atoms with van der Waals surface area (Å²) in [6.07, 6.45) is 4.58. The molecule has 2 aliphatic rings. The summed E-state index contributed by atoms with van der Waals surface area (Å²) < 4.78 is 17.4. The van der Waals surface area contributed by atoms with Crippen molar-refractivity contribution in [3.8, 4) is 11.5 Å². The number of ether oxygens (including phenoxy) is 3. The fourth-order valence-electron chi connectivity index (χ4n) is 3.35. The Morgan fingerprint density at radius 1 is 1.23 bits per heavy atom. The molecule has 0 atom stereocenters. The maximum absolute atomic E-state index is 12.7. The quantitative estimate of drug-likeness (QED) is 0.529. The Hall–Kier alpha value is -2.16. The summed E-state index contributed by atoms with van der Waals surface area (Å²) in [4.78, 5) is 19.3. The van der Waals surface area contributed by atoms with Gasteiger partial charge in [-0.05, 0) is 65.0 Å². The number of likely N-dealkylation sites (tertiary alicyclic amines) is 1. The van der Waals surface area contributed by atoms with E-state index >= 15 is 0 Å². The van der Waals surface area contributed by atoms with Gasteiger partial charge in [0.1, 0.15) is 18.5 Å². The van der Waals surface area contributed by atoms with Crippen LogP contribution in [0.1, 0.15) is 23.3 Å². The predicted molar refractivity (Wildman–Crippen MR) is 117 cm³/mol. The molecule has 2 heterocycles. The summed E-state index contributed by atoms with van der Waals surface area (Å²) in [5.41, 5.74) is 0.892. The van der Waals surface area contributed by atoms with Crippen molar-refractivity contribution in [1.29, 1.82) is 0 Å². The SMILES string of the molecule is COCCOc1cc(Br)cnc1C(=O)Nc1ccc(OC2CN(CC3CC3)C2)cc1. The average molecular weight is 476 g/mol. The van der Waals surface area contributed by atoms with Gasteiger partial charge in [0.25, 0.3) is 5.91 Å². The molecule has 2 fully saturated rings. The van der Waals surface area contributed by atoms with Gasteiger partial charge in [0.05, 0.1) is 6.61 Å². The first-order chi connectivity index (χ1) is 14.6. The van der Waals surface area contributed by atoms with E-state index in [0.29, 0.717) is 24.7 Å². The zero-order chi connectivity index (χ0) is 20.9. The van der Waals surface area contributed by atoms with Gasteiger partial charge >= 0.3 is 0 Å². The van der Waals surface area contributed by atoms with Gasteiger partial charge in [0.15, 0.2) is 11.4 Å². The monoisotopic (exact) mass is 475 g/mol. The summed E-state index contributed by atoms with van der Waals surface area (Å²) in [5.74, 6) is 1.80. The molecule has 0 unspecified atom stereocenters. The van der Waals surface area contributed by atoms with Crippen LogP contribution in [0, 0.1) is 5.92 Å². The van der Waals surface area contributed by atoms with E-state index in [4.69, 9.17) is 14.2 Å². The number of rotatable bonds is 10. The molecule has 4 rings (SSSR count). The van der Waals surface area contributed by atoms with Gasteiger partial charge in [0, 0.05) is 43.1 Å². The number of amides is 1. The van der Waals surface area contributed by atoms with Crippen molar-refractivity contribution in [2.45, 2.75) is 18.9 Å². The highest BCUT2D eigenvalue weighted by molar-refractivity contribution is 9.10. The predicted octanol–water partition coefficient (Wildman–Crippen LogP) is 3.59. The maximum Gasteiger partial charge on any atom is 0.278 e. The van der Waals surface area contributed by atoms with Gasteiger partial charge in [-0.3, -0.25) is 9.69 Å². The number of carbonyl (C=O) groups excluding carboxylic acids is 1. The van der Waals surface area contributed by atoms with Crippen molar-refractivity contribution >= 4 is 27.5 Å². The maximum atomic E-state index is 12.7. The highest BCUT2D eigenvalue weighted by Gasteiger charge is 2.33. The first-order valence-corrected chi connectivity index (χ1v) is 11.0. The van der Waals surface area contributed by atoms with Gasteiger partial charge in [-0.15, -0.1) is 0 Å². The number of pyridine rings is 1. The molecule has 1 N–H and O–H groups in total. The number of hydrogen-bond acceptors (Lipinski definition) is 6. The minimum Gasteiger partial charge on any atom is -0.489 e. The number of aromatic nitrogens is 1. The molecule has 1 saturated heterocycles. The van der Waals surface area contributed by atoms with Crippen molar-refractivity contribution in [2.75, 3.05) is 45.3 Å². The largest absolute Gasteiger partial charge is 0.489 e. The van der Waals surface area contributed by atoms with Crippen LogP contribution < -0.4 is 14.8 Å². The van der Waals surface area contributed by atoms with E-state index in [1.54, 1.807) is 19.4 Å². The number of anilines is 1. The van der Waals surface area contributed by atoms with Crippen LogP contribution in [0.15, 0.2) is 41.0 Å². The van der Waals surface area contributed by atoms with Crippen molar-refractivity contribution in [3.63, 3.8) is 0 Å². The molecule has 0 bridgehead atoms. The summed E-state index contributed by atoms with van der Waals surface area (Å²) in [6, 6.07) is 9.14. The normalized spacial score (nSPS) is 16.7. The smallest absolute Gasteiger partial charge is 0.278 e. The molecule has 0 radical (unpaired) electrons. The first-order valence-electron chi connectivity index (χ1n) is 10.2. The minimum absolute atomic E-state index is 0.222. The Bertz CT molecular complexity index is 867. The molecular weight excluding hydrogens is 450 g/mol. The van der Waals surface area contributed by atoms with E-state index in [1.807, 2.05) is 24.3 Å².